The van der Waals surface area contributed by atoms with E-state index in [0.29, 0.717) is 6.42 Å². The monoisotopic (exact) mass is 340 g/mol. The number of halogens is 1. The molecule has 0 aromatic heterocycles. The molecular formula is C16H34ClO3P. The molecule has 0 amide bonds. The summed E-state index contributed by atoms with van der Waals surface area (Å²) in [6.45, 7) is 0. The Hall–Kier alpha value is 0.440. The Labute approximate surface area is 136 Å². The molecule has 0 unspecified atom stereocenters. The van der Waals surface area contributed by atoms with E-state index >= 15 is 0 Å². The third kappa shape index (κ3) is 20.4. The molecule has 0 atom stereocenters. The first-order chi connectivity index (χ1) is 10.1. The van der Waals surface area contributed by atoms with Gasteiger partial charge < -0.3 is 9.79 Å². The minimum absolute atomic E-state index is 0.0535. The van der Waals surface area contributed by atoms with Gasteiger partial charge in [0.25, 0.3) is 0 Å². The Morgan fingerprint density at radius 2 is 0.857 bits per heavy atom. The van der Waals surface area contributed by atoms with Crippen LogP contribution >= 0.6 is 19.2 Å². The van der Waals surface area contributed by atoms with Crippen LogP contribution in [0.15, 0.2) is 0 Å². The summed E-state index contributed by atoms with van der Waals surface area (Å²) in [6, 6.07) is 0. The third-order valence-corrected chi connectivity index (χ3v) is 5.00. The van der Waals surface area contributed by atoms with Crippen molar-refractivity contribution in [2.24, 2.45) is 0 Å². The Bertz CT molecular complexity index is 256. The molecule has 0 saturated heterocycles. The fraction of sp³-hybridized carbons (Fsp3) is 1.00. The molecule has 2 N–H and O–H groups in total. The molecule has 3 nitrogen and oxygen atoms in total. The molecule has 0 aromatic rings. The van der Waals surface area contributed by atoms with Gasteiger partial charge in [0.05, 0.1) is 0 Å². The second kappa shape index (κ2) is 15.3. The summed E-state index contributed by atoms with van der Waals surface area (Å²) >= 11 is 5.64. The smallest absolute Gasteiger partial charge is 0.324 e. The summed E-state index contributed by atoms with van der Waals surface area (Å²) < 4.78 is 10.7. The van der Waals surface area contributed by atoms with Gasteiger partial charge in [-0.3, -0.25) is 4.57 Å². The molecule has 0 rings (SSSR count). The normalized spacial score (nSPS) is 12.0. The number of alkyl halides is 1. The summed E-state index contributed by atoms with van der Waals surface area (Å²) in [4.78, 5) is 17.5. The van der Waals surface area contributed by atoms with Crippen LogP contribution in [-0.4, -0.2) is 21.8 Å². The topological polar surface area (TPSA) is 57.5 Å². The number of rotatable bonds is 16. The van der Waals surface area contributed by atoms with Crippen LogP contribution in [0.4, 0.5) is 0 Å². The van der Waals surface area contributed by atoms with E-state index in [2.05, 4.69) is 0 Å². The molecule has 128 valence electrons. The summed E-state index contributed by atoms with van der Waals surface area (Å²) in [5.41, 5.74) is 0. The molecule has 0 spiro atoms. The molecule has 0 bridgehead atoms. The summed E-state index contributed by atoms with van der Waals surface area (Å²) in [5, 5.41) is 0. The second-order valence-electron chi connectivity index (χ2n) is 6.03. The Morgan fingerprint density at radius 1 is 0.571 bits per heavy atom. The highest BCUT2D eigenvalue weighted by molar-refractivity contribution is 7.51. The molecule has 0 saturated carbocycles. The van der Waals surface area contributed by atoms with Gasteiger partial charge in [0.1, 0.15) is 0 Å². The lowest BCUT2D eigenvalue weighted by atomic mass is 10.0. The molecule has 0 fully saturated rings. The molecule has 21 heavy (non-hydrogen) atoms. The maximum atomic E-state index is 10.7. The average molecular weight is 341 g/mol. The Morgan fingerprint density at radius 3 is 1.14 bits per heavy atom. The highest BCUT2D eigenvalue weighted by atomic mass is 35.5. The van der Waals surface area contributed by atoms with Crippen LogP contribution in [0.2, 0.25) is 0 Å². The predicted molar refractivity (Wildman–Crippen MR) is 92.3 cm³/mol. The molecule has 0 aliphatic carbocycles. The van der Waals surface area contributed by atoms with Crippen LogP contribution in [0.1, 0.15) is 89.9 Å². The van der Waals surface area contributed by atoms with Gasteiger partial charge in [-0.15, -0.1) is 11.6 Å². The largest absolute Gasteiger partial charge is 0.325 e. The van der Waals surface area contributed by atoms with Crippen LogP contribution in [0.3, 0.4) is 0 Å². The molecular weight excluding hydrogens is 307 g/mol. The van der Waals surface area contributed by atoms with Crippen LogP contribution in [0.25, 0.3) is 0 Å². The molecule has 0 radical (unpaired) electrons. The number of hydrogen-bond acceptors (Lipinski definition) is 1. The average Bonchev–Trinajstić information content (AvgIpc) is 2.42. The van der Waals surface area contributed by atoms with Gasteiger partial charge in [0.2, 0.25) is 0 Å². The van der Waals surface area contributed by atoms with Crippen molar-refractivity contribution in [1.29, 1.82) is 0 Å². The van der Waals surface area contributed by atoms with E-state index in [1.807, 2.05) is 0 Å². The van der Waals surface area contributed by atoms with Gasteiger partial charge in [-0.25, -0.2) is 0 Å². The van der Waals surface area contributed by atoms with Crippen LogP contribution in [0, 0.1) is 0 Å². The fourth-order valence-corrected chi connectivity index (χ4v) is 3.36. The summed E-state index contributed by atoms with van der Waals surface area (Å²) in [5.74, 6) is 0.805. The molecule has 0 heterocycles. The van der Waals surface area contributed by atoms with E-state index in [4.69, 9.17) is 21.4 Å². The van der Waals surface area contributed by atoms with Gasteiger partial charge in [0.15, 0.2) is 0 Å². The minimum Gasteiger partial charge on any atom is -0.324 e. The lowest BCUT2D eigenvalue weighted by molar-refractivity contribution is 0.370. The highest BCUT2D eigenvalue weighted by Crippen LogP contribution is 2.35. The van der Waals surface area contributed by atoms with Crippen molar-refractivity contribution in [3.63, 3.8) is 0 Å². The van der Waals surface area contributed by atoms with Gasteiger partial charge in [-0.2, -0.15) is 0 Å². The van der Waals surface area contributed by atoms with Crippen molar-refractivity contribution in [1.82, 2.24) is 0 Å². The van der Waals surface area contributed by atoms with E-state index in [-0.39, 0.29) is 6.16 Å². The summed E-state index contributed by atoms with van der Waals surface area (Å²) in [7, 11) is -3.76. The van der Waals surface area contributed by atoms with E-state index in [9.17, 15) is 4.57 Å². The van der Waals surface area contributed by atoms with Crippen LogP contribution in [0.5, 0.6) is 0 Å². The quantitative estimate of drug-likeness (QED) is 0.210. The standard InChI is InChI=1S/C16H34ClO3P/c17-15-13-11-9-7-5-3-1-2-4-6-8-10-12-14-16-21(18,19)20/h1-16H2,(H2,18,19,20). The van der Waals surface area contributed by atoms with Crippen LogP contribution < -0.4 is 0 Å². The van der Waals surface area contributed by atoms with Gasteiger partial charge in [-0.05, 0) is 12.8 Å². The van der Waals surface area contributed by atoms with Crippen molar-refractivity contribution in [3.05, 3.63) is 0 Å². The van der Waals surface area contributed by atoms with Gasteiger partial charge >= 0.3 is 7.60 Å². The molecule has 0 aliphatic rings. The lowest BCUT2D eigenvalue weighted by Crippen LogP contribution is -1.88. The Kier molecular flexibility index (Phi) is 15.7. The SMILES string of the molecule is O=P(O)(O)CCCCCCCCCCCCCCCCCl. The van der Waals surface area contributed by atoms with E-state index in [0.717, 1.165) is 25.1 Å². The highest BCUT2D eigenvalue weighted by Gasteiger charge is 2.10. The first kappa shape index (κ1) is 21.4. The lowest BCUT2D eigenvalue weighted by Gasteiger charge is -2.04. The number of hydrogen-bond donors (Lipinski definition) is 2. The van der Waals surface area contributed by atoms with Gasteiger partial charge in [-0.1, -0.05) is 77.0 Å². The zero-order chi connectivity index (χ0) is 15.8. The van der Waals surface area contributed by atoms with Gasteiger partial charge in [0, 0.05) is 12.0 Å². The number of unbranched alkanes of at least 4 members (excludes halogenated alkanes) is 13. The van der Waals surface area contributed by atoms with E-state index in [1.165, 1.54) is 64.2 Å². The fourth-order valence-electron chi connectivity index (χ4n) is 2.53. The second-order valence-corrected chi connectivity index (χ2v) is 8.18. The van der Waals surface area contributed by atoms with E-state index < -0.39 is 7.60 Å². The zero-order valence-electron chi connectivity index (χ0n) is 13.4. The maximum absolute atomic E-state index is 10.7. The van der Waals surface area contributed by atoms with Crippen LogP contribution in [-0.2, 0) is 4.57 Å². The van der Waals surface area contributed by atoms with E-state index in [1.54, 1.807) is 0 Å². The summed E-state index contributed by atoms with van der Waals surface area (Å²) in [6.07, 6.45) is 17.1. The third-order valence-electron chi connectivity index (χ3n) is 3.83. The van der Waals surface area contributed by atoms with Crippen molar-refractivity contribution < 1.29 is 14.4 Å². The predicted octanol–water partition coefficient (Wildman–Crippen LogP) is 5.86. The maximum Gasteiger partial charge on any atom is 0.325 e. The molecule has 0 aromatic carbocycles. The van der Waals surface area contributed by atoms with Crippen molar-refractivity contribution in [2.45, 2.75) is 89.9 Å². The minimum atomic E-state index is -3.76. The zero-order valence-corrected chi connectivity index (χ0v) is 15.1. The van der Waals surface area contributed by atoms with Crippen molar-refractivity contribution in [3.8, 4) is 0 Å². The van der Waals surface area contributed by atoms with Crippen molar-refractivity contribution in [2.75, 3.05) is 12.0 Å². The molecule has 5 heteroatoms. The van der Waals surface area contributed by atoms with Crippen molar-refractivity contribution >= 4 is 19.2 Å². The first-order valence-electron chi connectivity index (χ1n) is 8.67. The molecule has 0 aliphatic heterocycles. The Balaban J connectivity index is 3.01. The first-order valence-corrected chi connectivity index (χ1v) is 11.0.